The van der Waals surface area contributed by atoms with Gasteiger partial charge in [0, 0.05) is 36.3 Å². The van der Waals surface area contributed by atoms with E-state index in [1.807, 2.05) is 0 Å². The molecule has 0 aliphatic heterocycles. The van der Waals surface area contributed by atoms with Crippen molar-refractivity contribution < 1.29 is 14.3 Å². The normalized spacial score (nSPS) is 10.7. The Bertz CT molecular complexity index is 986. The second kappa shape index (κ2) is 8.92. The summed E-state index contributed by atoms with van der Waals surface area (Å²) < 4.78 is 10.8. The van der Waals surface area contributed by atoms with Crippen LogP contribution in [0.2, 0.25) is 5.15 Å². The summed E-state index contributed by atoms with van der Waals surface area (Å²) in [5, 5.41) is 11.4. The van der Waals surface area contributed by atoms with Crippen molar-refractivity contribution in [2.75, 3.05) is 19.5 Å². The van der Waals surface area contributed by atoms with Crippen molar-refractivity contribution in [3.05, 3.63) is 65.7 Å². The molecule has 0 atom stereocenters. The molecule has 2 heterocycles. The zero-order valence-electron chi connectivity index (χ0n) is 15.1. The molecule has 0 saturated heterocycles. The van der Waals surface area contributed by atoms with Crippen LogP contribution in [0.4, 0.5) is 17.1 Å². The van der Waals surface area contributed by atoms with E-state index in [0.717, 1.165) is 0 Å². The molecule has 1 N–H and O–H groups in total. The first-order valence-electron chi connectivity index (χ1n) is 8.12. The third kappa shape index (κ3) is 4.60. The summed E-state index contributed by atoms with van der Waals surface area (Å²) in [5.74, 6) is 0.393. The molecule has 0 spiro atoms. The van der Waals surface area contributed by atoms with Crippen LogP contribution in [-0.4, -0.2) is 30.1 Å². The van der Waals surface area contributed by atoms with E-state index in [0.29, 0.717) is 39.4 Å². The Labute approximate surface area is 166 Å². The number of carbonyl (C=O) groups is 1. The lowest BCUT2D eigenvalue weighted by Gasteiger charge is -2.12. The van der Waals surface area contributed by atoms with Crippen LogP contribution in [0.25, 0.3) is 0 Å². The van der Waals surface area contributed by atoms with Crippen LogP contribution in [-0.2, 0) is 0 Å². The SMILES string of the molecule is COc1cc(NC(=O)c2ccccn2)cc(OC)c1/N=N\c1ccnc(Cl)c1. The smallest absolute Gasteiger partial charge is 0.274 e. The minimum absolute atomic E-state index is 0.291. The Hall–Kier alpha value is -3.52. The Morgan fingerprint density at radius 3 is 2.36 bits per heavy atom. The fourth-order valence-corrected chi connectivity index (χ4v) is 2.49. The minimum atomic E-state index is -0.356. The average Bonchev–Trinajstić information content (AvgIpc) is 2.72. The Morgan fingerprint density at radius 1 is 1.00 bits per heavy atom. The number of hydrogen-bond donors (Lipinski definition) is 1. The van der Waals surface area contributed by atoms with E-state index >= 15 is 0 Å². The maximum atomic E-state index is 12.3. The van der Waals surface area contributed by atoms with Crippen molar-refractivity contribution in [2.45, 2.75) is 0 Å². The van der Waals surface area contributed by atoms with Crippen LogP contribution in [0.3, 0.4) is 0 Å². The number of benzene rings is 1. The molecular formula is C19H16ClN5O3. The number of nitrogens with one attached hydrogen (secondary N) is 1. The fraction of sp³-hybridized carbons (Fsp3) is 0.105. The van der Waals surface area contributed by atoms with Gasteiger partial charge in [-0.2, -0.15) is 5.11 Å². The first-order chi connectivity index (χ1) is 13.6. The van der Waals surface area contributed by atoms with Crippen molar-refractivity contribution in [1.82, 2.24) is 9.97 Å². The van der Waals surface area contributed by atoms with Gasteiger partial charge >= 0.3 is 0 Å². The second-order valence-electron chi connectivity index (χ2n) is 5.44. The number of ether oxygens (including phenoxy) is 2. The number of aromatic nitrogens is 2. The zero-order valence-corrected chi connectivity index (χ0v) is 15.8. The molecule has 1 aromatic carbocycles. The molecule has 28 heavy (non-hydrogen) atoms. The van der Waals surface area contributed by atoms with Gasteiger partial charge in [-0.15, -0.1) is 5.11 Å². The largest absolute Gasteiger partial charge is 0.494 e. The number of azo groups is 1. The van der Waals surface area contributed by atoms with Gasteiger partial charge in [-0.1, -0.05) is 17.7 Å². The summed E-state index contributed by atoms with van der Waals surface area (Å²) in [6, 6.07) is 11.6. The molecule has 0 aliphatic carbocycles. The van der Waals surface area contributed by atoms with Gasteiger partial charge in [-0.3, -0.25) is 9.78 Å². The Morgan fingerprint density at radius 2 is 1.75 bits per heavy atom. The van der Waals surface area contributed by atoms with Crippen molar-refractivity contribution in [3.63, 3.8) is 0 Å². The molecule has 0 radical (unpaired) electrons. The highest BCUT2D eigenvalue weighted by molar-refractivity contribution is 6.29. The second-order valence-corrected chi connectivity index (χ2v) is 5.82. The number of methoxy groups -OCH3 is 2. The number of halogens is 1. The van der Waals surface area contributed by atoms with Crippen LogP contribution in [0.1, 0.15) is 10.5 Å². The maximum absolute atomic E-state index is 12.3. The summed E-state index contributed by atoms with van der Waals surface area (Å²) in [6.45, 7) is 0. The Kier molecular flexibility index (Phi) is 6.13. The number of hydrogen-bond acceptors (Lipinski definition) is 7. The number of anilines is 1. The van der Waals surface area contributed by atoms with E-state index in [-0.39, 0.29) is 5.91 Å². The molecule has 0 fully saturated rings. The highest BCUT2D eigenvalue weighted by atomic mass is 35.5. The van der Waals surface area contributed by atoms with Crippen molar-refractivity contribution >= 4 is 34.6 Å². The fourth-order valence-electron chi connectivity index (χ4n) is 2.32. The van der Waals surface area contributed by atoms with Crippen LogP contribution in [0.5, 0.6) is 11.5 Å². The molecule has 142 valence electrons. The molecule has 0 unspecified atom stereocenters. The van der Waals surface area contributed by atoms with E-state index in [1.165, 1.54) is 20.4 Å². The van der Waals surface area contributed by atoms with Gasteiger partial charge < -0.3 is 14.8 Å². The summed E-state index contributed by atoms with van der Waals surface area (Å²) in [6.07, 6.45) is 3.08. The lowest BCUT2D eigenvalue weighted by atomic mass is 10.2. The van der Waals surface area contributed by atoms with Crippen LogP contribution < -0.4 is 14.8 Å². The van der Waals surface area contributed by atoms with Gasteiger partial charge in [0.25, 0.3) is 5.91 Å². The predicted molar refractivity (Wildman–Crippen MR) is 105 cm³/mol. The third-order valence-corrected chi connectivity index (χ3v) is 3.82. The molecule has 2 aromatic heterocycles. The lowest BCUT2D eigenvalue weighted by Crippen LogP contribution is -2.13. The number of pyridine rings is 2. The highest BCUT2D eigenvalue weighted by Crippen LogP contribution is 2.41. The number of rotatable bonds is 6. The molecule has 8 nitrogen and oxygen atoms in total. The van der Waals surface area contributed by atoms with Crippen LogP contribution in [0.15, 0.2) is 65.1 Å². The average molecular weight is 398 g/mol. The monoisotopic (exact) mass is 397 g/mol. The quantitative estimate of drug-likeness (QED) is 0.475. The number of amides is 1. The third-order valence-electron chi connectivity index (χ3n) is 3.61. The number of carbonyl (C=O) groups excluding carboxylic acids is 1. The lowest BCUT2D eigenvalue weighted by molar-refractivity contribution is 0.102. The summed E-state index contributed by atoms with van der Waals surface area (Å²) in [4.78, 5) is 20.2. The molecule has 0 aliphatic rings. The van der Waals surface area contributed by atoms with E-state index in [2.05, 4.69) is 25.5 Å². The Balaban J connectivity index is 1.91. The molecule has 0 saturated carbocycles. The van der Waals surface area contributed by atoms with Crippen LogP contribution >= 0.6 is 11.6 Å². The molecule has 3 rings (SSSR count). The van der Waals surface area contributed by atoms with E-state index < -0.39 is 0 Å². The summed E-state index contributed by atoms with van der Waals surface area (Å²) >= 11 is 5.86. The summed E-state index contributed by atoms with van der Waals surface area (Å²) in [5.41, 5.74) is 1.65. The number of nitrogens with zero attached hydrogens (tertiary/aromatic N) is 4. The van der Waals surface area contributed by atoms with Crippen molar-refractivity contribution in [2.24, 2.45) is 10.2 Å². The van der Waals surface area contributed by atoms with Gasteiger partial charge in [0.2, 0.25) is 0 Å². The summed E-state index contributed by atoms with van der Waals surface area (Å²) in [7, 11) is 2.98. The maximum Gasteiger partial charge on any atom is 0.274 e. The van der Waals surface area contributed by atoms with Gasteiger partial charge in [-0.05, 0) is 18.2 Å². The highest BCUT2D eigenvalue weighted by Gasteiger charge is 2.15. The standard InChI is InChI=1S/C19H16ClN5O3/c1-27-15-9-13(23-19(26)14-5-3-4-7-21-14)10-16(28-2)18(15)25-24-12-6-8-22-17(20)11-12/h3-11H,1-2H3,(H,23,26)/b25-24-. The van der Waals surface area contributed by atoms with Crippen LogP contribution in [0, 0.1) is 0 Å². The zero-order chi connectivity index (χ0) is 19.9. The van der Waals surface area contributed by atoms with Gasteiger partial charge in [0.05, 0.1) is 19.9 Å². The van der Waals surface area contributed by atoms with Crippen molar-refractivity contribution in [3.8, 4) is 11.5 Å². The van der Waals surface area contributed by atoms with Gasteiger partial charge in [0.15, 0.2) is 17.2 Å². The van der Waals surface area contributed by atoms with Gasteiger partial charge in [-0.25, -0.2) is 4.98 Å². The minimum Gasteiger partial charge on any atom is -0.494 e. The van der Waals surface area contributed by atoms with E-state index in [4.69, 9.17) is 21.1 Å². The molecule has 1 amide bonds. The molecule has 9 heteroatoms. The first kappa shape index (κ1) is 19.2. The van der Waals surface area contributed by atoms with Crippen molar-refractivity contribution in [1.29, 1.82) is 0 Å². The van der Waals surface area contributed by atoms with Gasteiger partial charge in [0.1, 0.15) is 10.8 Å². The van der Waals surface area contributed by atoms with E-state index in [1.54, 1.807) is 48.7 Å². The topological polar surface area (TPSA) is 98.1 Å². The molecule has 3 aromatic rings. The van der Waals surface area contributed by atoms with E-state index in [9.17, 15) is 4.79 Å². The molecular weight excluding hydrogens is 382 g/mol. The first-order valence-corrected chi connectivity index (χ1v) is 8.50. The predicted octanol–water partition coefficient (Wildman–Crippen LogP) is 4.81. The molecule has 0 bridgehead atoms.